The van der Waals surface area contributed by atoms with E-state index in [9.17, 15) is 0 Å². The Morgan fingerprint density at radius 1 is 0.731 bits per heavy atom. The number of hydrogen-bond acceptors (Lipinski definition) is 5. The van der Waals surface area contributed by atoms with Gasteiger partial charge in [-0.3, -0.25) is 0 Å². The van der Waals surface area contributed by atoms with E-state index in [1.807, 2.05) is 7.05 Å². The number of nitrogens with one attached hydrogen (secondary N) is 2. The zero-order chi connectivity index (χ0) is 18.9. The maximum Gasteiger partial charge on any atom is 0.154 e. The van der Waals surface area contributed by atoms with E-state index in [0.717, 1.165) is 18.8 Å². The summed E-state index contributed by atoms with van der Waals surface area (Å²) in [6, 6.07) is 0. The first-order valence-electron chi connectivity index (χ1n) is 10.8. The highest BCUT2D eigenvalue weighted by Crippen LogP contribution is 2.21. The van der Waals surface area contributed by atoms with Gasteiger partial charge in [-0.05, 0) is 6.42 Å². The normalized spacial score (nSPS) is 10.8. The lowest BCUT2D eigenvalue weighted by molar-refractivity contribution is 0.537. The van der Waals surface area contributed by atoms with Crippen molar-refractivity contribution >= 4 is 17.3 Å². The summed E-state index contributed by atoms with van der Waals surface area (Å²) in [7, 11) is 1.82. The second kappa shape index (κ2) is 15.7. The van der Waals surface area contributed by atoms with Crippen LogP contribution in [0.2, 0.25) is 0 Å². The molecule has 0 bridgehead atoms. The van der Waals surface area contributed by atoms with Crippen LogP contribution in [0.25, 0.3) is 0 Å². The van der Waals surface area contributed by atoms with Crippen molar-refractivity contribution in [3.05, 3.63) is 6.33 Å². The van der Waals surface area contributed by atoms with Gasteiger partial charge in [0.1, 0.15) is 12.0 Å². The average Bonchev–Trinajstić information content (AvgIpc) is 2.66. The zero-order valence-electron chi connectivity index (χ0n) is 17.2. The van der Waals surface area contributed by atoms with Crippen molar-refractivity contribution < 1.29 is 0 Å². The van der Waals surface area contributed by atoms with Gasteiger partial charge in [0.15, 0.2) is 11.6 Å². The van der Waals surface area contributed by atoms with E-state index in [0.29, 0.717) is 11.5 Å². The summed E-state index contributed by atoms with van der Waals surface area (Å²) in [6.45, 7) is 3.20. The van der Waals surface area contributed by atoms with E-state index < -0.39 is 0 Å². The highest BCUT2D eigenvalue weighted by Gasteiger charge is 2.05. The highest BCUT2D eigenvalue weighted by atomic mass is 15.1. The minimum atomic E-state index is 0.598. The third-order valence-corrected chi connectivity index (χ3v) is 4.94. The van der Waals surface area contributed by atoms with Crippen molar-refractivity contribution in [3.63, 3.8) is 0 Å². The first-order valence-corrected chi connectivity index (χ1v) is 10.8. The molecular weight excluding hydrogens is 322 g/mol. The minimum Gasteiger partial charge on any atom is -0.393 e. The fourth-order valence-corrected chi connectivity index (χ4v) is 3.26. The minimum absolute atomic E-state index is 0.598. The molecule has 1 aromatic heterocycles. The molecule has 5 heteroatoms. The van der Waals surface area contributed by atoms with Crippen LogP contribution in [0.3, 0.4) is 0 Å². The van der Waals surface area contributed by atoms with Crippen LogP contribution in [0.1, 0.15) is 96.8 Å². The molecular formula is C21H41N5. The molecule has 0 aliphatic rings. The molecule has 1 heterocycles. The maximum atomic E-state index is 6.00. The van der Waals surface area contributed by atoms with Gasteiger partial charge in [0.25, 0.3) is 0 Å². The van der Waals surface area contributed by atoms with Gasteiger partial charge < -0.3 is 16.4 Å². The zero-order valence-corrected chi connectivity index (χ0v) is 17.2. The molecule has 0 radical (unpaired) electrons. The number of aromatic nitrogens is 2. The Labute approximate surface area is 161 Å². The van der Waals surface area contributed by atoms with Crippen LogP contribution in [0, 0.1) is 0 Å². The molecule has 1 aromatic rings. The van der Waals surface area contributed by atoms with Crippen molar-refractivity contribution in [3.8, 4) is 0 Å². The number of anilines is 3. The maximum absolute atomic E-state index is 6.00. The molecule has 0 saturated carbocycles. The predicted molar refractivity (Wildman–Crippen MR) is 115 cm³/mol. The fourth-order valence-electron chi connectivity index (χ4n) is 3.26. The first kappa shape index (κ1) is 22.5. The number of nitrogen functional groups attached to an aromatic ring is 1. The van der Waals surface area contributed by atoms with Gasteiger partial charge in [0.05, 0.1) is 0 Å². The smallest absolute Gasteiger partial charge is 0.154 e. The highest BCUT2D eigenvalue weighted by molar-refractivity contribution is 5.73. The van der Waals surface area contributed by atoms with Gasteiger partial charge in [-0.15, -0.1) is 0 Å². The van der Waals surface area contributed by atoms with E-state index in [-0.39, 0.29) is 0 Å². The Balaban J connectivity index is 1.87. The van der Waals surface area contributed by atoms with Gasteiger partial charge in [-0.25, -0.2) is 9.97 Å². The summed E-state index contributed by atoms with van der Waals surface area (Å²) in [6.07, 6.45) is 20.9. The van der Waals surface area contributed by atoms with E-state index in [2.05, 4.69) is 27.5 Å². The number of unbranched alkanes of at least 4 members (excludes halogenated alkanes) is 13. The van der Waals surface area contributed by atoms with Gasteiger partial charge in [-0.2, -0.15) is 0 Å². The topological polar surface area (TPSA) is 75.9 Å². The Hall–Kier alpha value is -1.52. The van der Waals surface area contributed by atoms with Crippen LogP contribution >= 0.6 is 0 Å². The quantitative estimate of drug-likeness (QED) is 0.296. The molecule has 0 atom stereocenters. The second-order valence-corrected chi connectivity index (χ2v) is 7.26. The summed E-state index contributed by atoms with van der Waals surface area (Å²) in [5.74, 6) is 1.42. The standard InChI is InChI=1S/C21H41N5/c1-3-4-5-6-7-8-9-10-11-12-13-14-15-16-17-24-21-19(22)20(23-2)25-18-26-21/h18H,3-17,22H2,1-2H3,(H2,23,24,25,26). The molecule has 26 heavy (non-hydrogen) atoms. The third kappa shape index (κ3) is 10.5. The molecule has 0 aliphatic carbocycles. The molecule has 5 nitrogen and oxygen atoms in total. The van der Waals surface area contributed by atoms with Crippen LogP contribution in [-0.2, 0) is 0 Å². The number of nitrogens with two attached hydrogens (primary N) is 1. The molecule has 150 valence electrons. The molecule has 0 aliphatic heterocycles. The van der Waals surface area contributed by atoms with Crippen LogP contribution in [0.4, 0.5) is 17.3 Å². The van der Waals surface area contributed by atoms with Crippen molar-refractivity contribution in [2.75, 3.05) is 30.0 Å². The van der Waals surface area contributed by atoms with Gasteiger partial charge in [0.2, 0.25) is 0 Å². The van der Waals surface area contributed by atoms with Crippen LogP contribution in [0.5, 0.6) is 0 Å². The molecule has 0 amide bonds. The van der Waals surface area contributed by atoms with E-state index in [1.54, 1.807) is 0 Å². The summed E-state index contributed by atoms with van der Waals surface area (Å²) in [5.41, 5.74) is 6.60. The van der Waals surface area contributed by atoms with E-state index >= 15 is 0 Å². The summed E-state index contributed by atoms with van der Waals surface area (Å²) >= 11 is 0. The lowest BCUT2D eigenvalue weighted by Gasteiger charge is -2.10. The van der Waals surface area contributed by atoms with Crippen molar-refractivity contribution in [2.45, 2.75) is 96.8 Å². The molecule has 0 unspecified atom stereocenters. The predicted octanol–water partition coefficient (Wildman–Crippen LogP) is 5.99. The monoisotopic (exact) mass is 363 g/mol. The number of rotatable bonds is 17. The number of nitrogens with zero attached hydrogens (tertiary/aromatic N) is 2. The lowest BCUT2D eigenvalue weighted by atomic mass is 10.0. The Morgan fingerprint density at radius 2 is 1.19 bits per heavy atom. The van der Waals surface area contributed by atoms with Crippen molar-refractivity contribution in [1.29, 1.82) is 0 Å². The fraction of sp³-hybridized carbons (Fsp3) is 0.810. The first-order chi connectivity index (χ1) is 12.8. The average molecular weight is 364 g/mol. The second-order valence-electron chi connectivity index (χ2n) is 7.26. The Morgan fingerprint density at radius 3 is 1.69 bits per heavy atom. The molecule has 0 spiro atoms. The van der Waals surface area contributed by atoms with Gasteiger partial charge in [0, 0.05) is 13.6 Å². The largest absolute Gasteiger partial charge is 0.393 e. The summed E-state index contributed by atoms with van der Waals surface area (Å²) in [4.78, 5) is 8.29. The summed E-state index contributed by atoms with van der Waals surface area (Å²) < 4.78 is 0. The van der Waals surface area contributed by atoms with Crippen LogP contribution < -0.4 is 16.4 Å². The number of hydrogen-bond donors (Lipinski definition) is 3. The van der Waals surface area contributed by atoms with Crippen molar-refractivity contribution in [1.82, 2.24) is 9.97 Å². The molecule has 1 rings (SSSR count). The molecule has 4 N–H and O–H groups in total. The Kier molecular flexibility index (Phi) is 13.6. The SMILES string of the molecule is CCCCCCCCCCCCCCCCNc1ncnc(NC)c1N. The third-order valence-electron chi connectivity index (χ3n) is 4.94. The summed E-state index contributed by atoms with van der Waals surface area (Å²) in [5, 5.41) is 6.29. The Bertz CT molecular complexity index is 450. The van der Waals surface area contributed by atoms with Crippen LogP contribution in [0.15, 0.2) is 6.33 Å². The molecule has 0 aromatic carbocycles. The molecule has 0 saturated heterocycles. The lowest BCUT2D eigenvalue weighted by Crippen LogP contribution is -2.09. The van der Waals surface area contributed by atoms with Crippen LogP contribution in [-0.4, -0.2) is 23.6 Å². The van der Waals surface area contributed by atoms with Gasteiger partial charge in [-0.1, -0.05) is 90.4 Å². The van der Waals surface area contributed by atoms with Crippen molar-refractivity contribution in [2.24, 2.45) is 0 Å². The van der Waals surface area contributed by atoms with E-state index in [1.165, 1.54) is 89.8 Å². The van der Waals surface area contributed by atoms with Gasteiger partial charge >= 0.3 is 0 Å². The molecule has 0 fully saturated rings. The van der Waals surface area contributed by atoms with E-state index in [4.69, 9.17) is 5.73 Å².